The van der Waals surface area contributed by atoms with Gasteiger partial charge in [-0.25, -0.2) is 0 Å². The van der Waals surface area contributed by atoms with E-state index in [1.165, 1.54) is 32.7 Å². The molecule has 7 nitrogen and oxygen atoms in total. The lowest BCUT2D eigenvalue weighted by atomic mass is 10.1. The van der Waals surface area contributed by atoms with Crippen molar-refractivity contribution in [3.63, 3.8) is 0 Å². The fourth-order valence-corrected chi connectivity index (χ4v) is 4.27. The molecule has 0 N–H and O–H groups in total. The van der Waals surface area contributed by atoms with E-state index in [1.807, 2.05) is 25.1 Å². The first-order chi connectivity index (χ1) is 14.6. The van der Waals surface area contributed by atoms with Crippen LogP contribution in [0.1, 0.15) is 30.6 Å². The van der Waals surface area contributed by atoms with Gasteiger partial charge in [-0.05, 0) is 43.7 Å². The van der Waals surface area contributed by atoms with Crippen molar-refractivity contribution in [3.8, 4) is 23.0 Å². The number of nitrogens with zero attached hydrogens (tertiary/aromatic N) is 2. The van der Waals surface area contributed by atoms with Gasteiger partial charge in [-0.2, -0.15) is 4.99 Å². The van der Waals surface area contributed by atoms with Crippen molar-refractivity contribution in [1.82, 2.24) is 4.57 Å². The van der Waals surface area contributed by atoms with Crippen molar-refractivity contribution < 1.29 is 23.7 Å². The van der Waals surface area contributed by atoms with Gasteiger partial charge in [-0.15, -0.1) is 0 Å². The van der Waals surface area contributed by atoms with Crippen LogP contribution in [-0.4, -0.2) is 38.4 Å². The van der Waals surface area contributed by atoms with E-state index in [0.29, 0.717) is 34.2 Å². The van der Waals surface area contributed by atoms with E-state index in [4.69, 9.17) is 18.9 Å². The largest absolute Gasteiger partial charge is 0.494 e. The highest BCUT2D eigenvalue weighted by atomic mass is 32.1. The topological polar surface area (TPSA) is 71.3 Å². The Bertz CT molecular complexity index is 1090. The molecule has 8 heteroatoms. The van der Waals surface area contributed by atoms with Gasteiger partial charge in [-0.3, -0.25) is 4.79 Å². The summed E-state index contributed by atoms with van der Waals surface area (Å²) in [5.74, 6) is 1.68. The minimum absolute atomic E-state index is 0.361. The van der Waals surface area contributed by atoms with Crippen molar-refractivity contribution >= 4 is 27.5 Å². The molecule has 0 aliphatic carbocycles. The zero-order valence-electron chi connectivity index (χ0n) is 17.9. The Morgan fingerprint density at radius 3 is 2.30 bits per heavy atom. The van der Waals surface area contributed by atoms with Gasteiger partial charge in [-0.1, -0.05) is 18.3 Å². The van der Waals surface area contributed by atoms with Gasteiger partial charge in [0.25, 0.3) is 5.91 Å². The van der Waals surface area contributed by atoms with Gasteiger partial charge in [0.2, 0.25) is 5.75 Å². The molecule has 3 aromatic rings. The van der Waals surface area contributed by atoms with E-state index >= 15 is 0 Å². The van der Waals surface area contributed by atoms with E-state index in [1.54, 1.807) is 12.1 Å². The number of methoxy groups -OCH3 is 3. The second-order valence-corrected chi connectivity index (χ2v) is 7.44. The molecule has 1 heterocycles. The number of hydrogen-bond donors (Lipinski definition) is 0. The smallest absolute Gasteiger partial charge is 0.279 e. The molecule has 0 aliphatic heterocycles. The molecule has 0 atom stereocenters. The highest BCUT2D eigenvalue weighted by Gasteiger charge is 2.17. The molecule has 2 aromatic carbocycles. The highest BCUT2D eigenvalue weighted by molar-refractivity contribution is 7.16. The van der Waals surface area contributed by atoms with Gasteiger partial charge in [0, 0.05) is 12.1 Å². The molecule has 0 bridgehead atoms. The standard InChI is InChI=1S/C22H26N2O5S/c1-6-10-24-16-9-8-15(29-7-2)13-19(16)30-22(24)23-21(25)14-11-17(26-3)20(28-5)18(12-14)27-4/h8-9,11-13H,6-7,10H2,1-5H3. The quantitative estimate of drug-likeness (QED) is 0.533. The van der Waals surface area contributed by atoms with Crippen molar-refractivity contribution in [2.45, 2.75) is 26.8 Å². The third-order valence-electron chi connectivity index (χ3n) is 4.52. The van der Waals surface area contributed by atoms with Crippen LogP contribution in [0.4, 0.5) is 0 Å². The first-order valence-electron chi connectivity index (χ1n) is 9.71. The summed E-state index contributed by atoms with van der Waals surface area (Å²) in [6.45, 7) is 5.40. The Kier molecular flexibility index (Phi) is 6.99. The first kappa shape index (κ1) is 21.7. The molecule has 30 heavy (non-hydrogen) atoms. The van der Waals surface area contributed by atoms with E-state index in [9.17, 15) is 4.79 Å². The number of aromatic nitrogens is 1. The van der Waals surface area contributed by atoms with Gasteiger partial charge in [0.15, 0.2) is 16.3 Å². The van der Waals surface area contributed by atoms with Crippen molar-refractivity contribution in [2.24, 2.45) is 4.99 Å². The summed E-state index contributed by atoms with van der Waals surface area (Å²) in [5.41, 5.74) is 1.39. The number of rotatable bonds is 8. The summed E-state index contributed by atoms with van der Waals surface area (Å²) >= 11 is 1.46. The molecule has 0 aliphatic rings. The SMILES string of the molecule is CCCn1c(=NC(=O)c2cc(OC)c(OC)c(OC)c2)sc2cc(OCC)ccc21. The normalized spacial score (nSPS) is 11.6. The number of aryl methyl sites for hydroxylation is 1. The lowest BCUT2D eigenvalue weighted by Crippen LogP contribution is -2.17. The number of carbonyl (C=O) groups is 1. The monoisotopic (exact) mass is 430 g/mol. The summed E-state index contributed by atoms with van der Waals surface area (Å²) in [6.07, 6.45) is 0.921. The second-order valence-electron chi connectivity index (χ2n) is 6.43. The number of thiazole rings is 1. The van der Waals surface area contributed by atoms with Gasteiger partial charge in [0.1, 0.15) is 5.75 Å². The number of carbonyl (C=O) groups excluding carboxylic acids is 1. The van der Waals surface area contributed by atoms with E-state index in [0.717, 1.165) is 28.9 Å². The summed E-state index contributed by atoms with van der Waals surface area (Å²) in [5, 5.41) is 0. The second kappa shape index (κ2) is 9.67. The molecule has 0 spiro atoms. The molecular formula is C22H26N2O5S. The highest BCUT2D eigenvalue weighted by Crippen LogP contribution is 2.38. The Morgan fingerprint density at radius 2 is 1.73 bits per heavy atom. The van der Waals surface area contributed by atoms with Gasteiger partial charge >= 0.3 is 0 Å². The lowest BCUT2D eigenvalue weighted by Gasteiger charge is -2.12. The number of benzene rings is 2. The van der Waals surface area contributed by atoms with Crippen LogP contribution in [0.3, 0.4) is 0 Å². The van der Waals surface area contributed by atoms with Crippen LogP contribution in [0.5, 0.6) is 23.0 Å². The fourth-order valence-electron chi connectivity index (χ4n) is 3.19. The van der Waals surface area contributed by atoms with Crippen LogP contribution in [0.25, 0.3) is 10.2 Å². The number of fused-ring (bicyclic) bond motifs is 1. The maximum absolute atomic E-state index is 13.0. The Morgan fingerprint density at radius 1 is 1.03 bits per heavy atom. The van der Waals surface area contributed by atoms with E-state index in [-0.39, 0.29) is 5.91 Å². The van der Waals surface area contributed by atoms with Crippen LogP contribution < -0.4 is 23.7 Å². The minimum Gasteiger partial charge on any atom is -0.494 e. The number of hydrogen-bond acceptors (Lipinski definition) is 6. The summed E-state index contributed by atoms with van der Waals surface area (Å²) in [7, 11) is 4.55. The molecular weight excluding hydrogens is 404 g/mol. The predicted octanol–water partition coefficient (Wildman–Crippen LogP) is 4.28. The molecule has 0 saturated carbocycles. The maximum atomic E-state index is 13.0. The van der Waals surface area contributed by atoms with Crippen LogP contribution in [0, 0.1) is 0 Å². The van der Waals surface area contributed by atoms with Gasteiger partial charge in [0.05, 0.1) is 38.2 Å². The average Bonchev–Trinajstić information content (AvgIpc) is 3.09. The van der Waals surface area contributed by atoms with Crippen LogP contribution in [0.2, 0.25) is 0 Å². The molecule has 0 radical (unpaired) electrons. The first-order valence-corrected chi connectivity index (χ1v) is 10.5. The minimum atomic E-state index is -0.379. The summed E-state index contributed by atoms with van der Waals surface area (Å²) < 4.78 is 24.7. The Labute approximate surface area is 179 Å². The summed E-state index contributed by atoms with van der Waals surface area (Å²) in [4.78, 5) is 18.1. The summed E-state index contributed by atoms with van der Waals surface area (Å²) in [6, 6.07) is 9.15. The molecule has 1 aromatic heterocycles. The van der Waals surface area contributed by atoms with Crippen molar-refractivity contribution in [3.05, 3.63) is 40.7 Å². The molecule has 160 valence electrons. The van der Waals surface area contributed by atoms with E-state index in [2.05, 4.69) is 16.5 Å². The Hall–Kier alpha value is -3.00. The number of ether oxygens (including phenoxy) is 4. The molecule has 0 fully saturated rings. The number of amides is 1. The third kappa shape index (κ3) is 4.28. The van der Waals surface area contributed by atoms with E-state index < -0.39 is 0 Å². The molecule has 0 unspecified atom stereocenters. The Balaban J connectivity index is 2.11. The van der Waals surface area contributed by atoms with Crippen molar-refractivity contribution in [2.75, 3.05) is 27.9 Å². The maximum Gasteiger partial charge on any atom is 0.279 e. The molecule has 0 saturated heterocycles. The average molecular weight is 431 g/mol. The van der Waals surface area contributed by atoms with Crippen molar-refractivity contribution in [1.29, 1.82) is 0 Å². The van der Waals surface area contributed by atoms with Crippen LogP contribution in [0.15, 0.2) is 35.3 Å². The fraction of sp³-hybridized carbons (Fsp3) is 0.364. The molecule has 1 amide bonds. The predicted molar refractivity (Wildman–Crippen MR) is 117 cm³/mol. The molecule has 3 rings (SSSR count). The van der Waals surface area contributed by atoms with Crippen LogP contribution >= 0.6 is 11.3 Å². The third-order valence-corrected chi connectivity index (χ3v) is 5.56. The van der Waals surface area contributed by atoms with Crippen LogP contribution in [-0.2, 0) is 6.54 Å². The lowest BCUT2D eigenvalue weighted by molar-refractivity contribution is 0.0997. The zero-order valence-corrected chi connectivity index (χ0v) is 18.7. The zero-order chi connectivity index (χ0) is 21.7. The van der Waals surface area contributed by atoms with Gasteiger partial charge < -0.3 is 23.5 Å².